The molecule has 1 aliphatic rings. The van der Waals surface area contributed by atoms with Gasteiger partial charge < -0.3 is 10.4 Å². The predicted octanol–water partition coefficient (Wildman–Crippen LogP) is -0.583. The van der Waals surface area contributed by atoms with Crippen molar-refractivity contribution in [3.8, 4) is 0 Å². The molecule has 1 aromatic rings. The third kappa shape index (κ3) is 2.67. The number of thioether (sulfide) groups is 1. The molecule has 1 aliphatic heterocycles. The van der Waals surface area contributed by atoms with Crippen LogP contribution in [0.3, 0.4) is 0 Å². The van der Waals surface area contributed by atoms with Crippen LogP contribution in [0, 0.1) is 0 Å². The molecule has 0 unspecified atom stereocenters. The summed E-state index contributed by atoms with van der Waals surface area (Å²) in [5.41, 5.74) is -0.568. The van der Waals surface area contributed by atoms with Gasteiger partial charge in [0.2, 0.25) is 5.16 Å². The predicted molar refractivity (Wildman–Crippen MR) is 56.6 cm³/mol. The molecule has 2 heterocycles. The lowest BCUT2D eigenvalue weighted by Gasteiger charge is -2.31. The molecule has 7 heteroatoms. The molecule has 1 aromatic heterocycles. The number of aromatic nitrogens is 4. The van der Waals surface area contributed by atoms with Crippen molar-refractivity contribution in [2.45, 2.75) is 23.6 Å². The minimum Gasteiger partial charge on any atom is -0.389 e. The van der Waals surface area contributed by atoms with Gasteiger partial charge in [-0.2, -0.15) is 0 Å². The molecule has 0 atom stereocenters. The van der Waals surface area contributed by atoms with Gasteiger partial charge in [-0.05, 0) is 36.4 Å². The number of aryl methyl sites for hydroxylation is 1. The fourth-order valence-corrected chi connectivity index (χ4v) is 2.58. The van der Waals surface area contributed by atoms with Crippen molar-refractivity contribution in [3.63, 3.8) is 0 Å². The van der Waals surface area contributed by atoms with Crippen LogP contribution in [-0.2, 0) is 7.05 Å². The summed E-state index contributed by atoms with van der Waals surface area (Å²) in [6.07, 6.45) is 1.59. The molecule has 0 aromatic carbocycles. The smallest absolute Gasteiger partial charge is 0.209 e. The molecular formula is C8H15N5OS. The summed E-state index contributed by atoms with van der Waals surface area (Å²) in [5.74, 6) is 0.656. The van der Waals surface area contributed by atoms with Crippen LogP contribution in [0.2, 0.25) is 0 Å². The topological polar surface area (TPSA) is 75.9 Å². The largest absolute Gasteiger partial charge is 0.389 e. The van der Waals surface area contributed by atoms with Crippen molar-refractivity contribution >= 4 is 11.8 Å². The summed E-state index contributed by atoms with van der Waals surface area (Å²) >= 11 is 1.51. The molecular weight excluding hydrogens is 214 g/mol. The third-order valence-electron chi connectivity index (χ3n) is 2.59. The van der Waals surface area contributed by atoms with Crippen molar-refractivity contribution in [2.24, 2.45) is 7.05 Å². The first-order valence-electron chi connectivity index (χ1n) is 4.98. The van der Waals surface area contributed by atoms with E-state index in [-0.39, 0.29) is 0 Å². The normalized spacial score (nSPS) is 20.4. The second-order valence-corrected chi connectivity index (χ2v) is 4.79. The molecule has 1 saturated heterocycles. The molecule has 0 aliphatic carbocycles. The van der Waals surface area contributed by atoms with Crippen molar-refractivity contribution in [3.05, 3.63) is 0 Å². The van der Waals surface area contributed by atoms with Crippen LogP contribution in [0.25, 0.3) is 0 Å². The SMILES string of the molecule is Cn1nnnc1SCC1(O)CCNCC1. The molecule has 0 bridgehead atoms. The first kappa shape index (κ1) is 10.8. The van der Waals surface area contributed by atoms with E-state index >= 15 is 0 Å². The van der Waals surface area contributed by atoms with E-state index in [9.17, 15) is 5.11 Å². The van der Waals surface area contributed by atoms with E-state index in [1.165, 1.54) is 11.8 Å². The molecule has 0 spiro atoms. The summed E-state index contributed by atoms with van der Waals surface area (Å²) < 4.78 is 1.62. The fraction of sp³-hybridized carbons (Fsp3) is 0.875. The Kier molecular flexibility index (Phi) is 3.22. The van der Waals surface area contributed by atoms with E-state index in [0.717, 1.165) is 31.1 Å². The van der Waals surface area contributed by atoms with Crippen molar-refractivity contribution in [2.75, 3.05) is 18.8 Å². The molecule has 84 valence electrons. The highest BCUT2D eigenvalue weighted by Crippen LogP contribution is 2.26. The Labute approximate surface area is 92.4 Å². The highest BCUT2D eigenvalue weighted by molar-refractivity contribution is 7.99. The first-order valence-corrected chi connectivity index (χ1v) is 5.96. The van der Waals surface area contributed by atoms with Gasteiger partial charge in [-0.15, -0.1) is 5.10 Å². The lowest BCUT2D eigenvalue weighted by molar-refractivity contribution is 0.0338. The Morgan fingerprint density at radius 1 is 1.53 bits per heavy atom. The van der Waals surface area contributed by atoms with Gasteiger partial charge in [-0.25, -0.2) is 4.68 Å². The zero-order valence-electron chi connectivity index (χ0n) is 8.68. The van der Waals surface area contributed by atoms with Gasteiger partial charge in [-0.3, -0.25) is 0 Å². The van der Waals surface area contributed by atoms with Crippen LogP contribution in [0.5, 0.6) is 0 Å². The van der Waals surface area contributed by atoms with Crippen LogP contribution < -0.4 is 5.32 Å². The molecule has 2 N–H and O–H groups in total. The van der Waals surface area contributed by atoms with Gasteiger partial charge in [0.25, 0.3) is 0 Å². The number of nitrogens with one attached hydrogen (secondary N) is 1. The number of piperidine rings is 1. The van der Waals surface area contributed by atoms with E-state index in [4.69, 9.17) is 0 Å². The zero-order valence-corrected chi connectivity index (χ0v) is 9.50. The highest BCUT2D eigenvalue weighted by Gasteiger charge is 2.29. The second-order valence-electron chi connectivity index (χ2n) is 3.85. The van der Waals surface area contributed by atoms with Gasteiger partial charge >= 0.3 is 0 Å². The minimum absolute atomic E-state index is 0.568. The van der Waals surface area contributed by atoms with Gasteiger partial charge in [0, 0.05) is 12.8 Å². The Hall–Kier alpha value is -0.660. The van der Waals surface area contributed by atoms with Gasteiger partial charge in [-0.1, -0.05) is 11.8 Å². The average molecular weight is 229 g/mol. The second kappa shape index (κ2) is 4.46. The summed E-state index contributed by atoms with van der Waals surface area (Å²) in [5, 5.41) is 25.4. The maximum absolute atomic E-state index is 10.2. The molecule has 2 rings (SSSR count). The molecule has 0 saturated carbocycles. The quantitative estimate of drug-likeness (QED) is 0.675. The lowest BCUT2D eigenvalue weighted by Crippen LogP contribution is -2.43. The maximum Gasteiger partial charge on any atom is 0.209 e. The summed E-state index contributed by atoms with van der Waals surface area (Å²) in [4.78, 5) is 0. The van der Waals surface area contributed by atoms with Crippen molar-refractivity contribution in [1.82, 2.24) is 25.5 Å². The number of hydrogen-bond acceptors (Lipinski definition) is 6. The highest BCUT2D eigenvalue weighted by atomic mass is 32.2. The zero-order chi connectivity index (χ0) is 10.7. The molecule has 0 amide bonds. The van der Waals surface area contributed by atoms with Crippen LogP contribution in [0.15, 0.2) is 5.16 Å². The van der Waals surface area contributed by atoms with Crippen molar-refractivity contribution in [1.29, 1.82) is 0 Å². The van der Waals surface area contributed by atoms with E-state index in [1.807, 2.05) is 0 Å². The Morgan fingerprint density at radius 2 is 2.27 bits per heavy atom. The molecule has 0 radical (unpaired) electrons. The monoisotopic (exact) mass is 229 g/mol. The fourth-order valence-electron chi connectivity index (χ4n) is 1.58. The number of nitrogens with zero attached hydrogens (tertiary/aromatic N) is 4. The first-order chi connectivity index (χ1) is 7.20. The number of tetrazole rings is 1. The standard InChI is InChI=1S/C8H15N5OS/c1-13-7(10-11-12-13)15-6-8(14)2-4-9-5-3-8/h9,14H,2-6H2,1H3. The van der Waals surface area contributed by atoms with Crippen LogP contribution in [0.4, 0.5) is 0 Å². The maximum atomic E-state index is 10.2. The van der Waals surface area contributed by atoms with Crippen LogP contribution in [-0.4, -0.2) is 49.8 Å². The number of rotatable bonds is 3. The Morgan fingerprint density at radius 3 is 2.87 bits per heavy atom. The lowest BCUT2D eigenvalue weighted by atomic mass is 9.95. The average Bonchev–Trinajstić information content (AvgIpc) is 2.62. The summed E-state index contributed by atoms with van der Waals surface area (Å²) in [6.45, 7) is 1.77. The van der Waals surface area contributed by atoms with Gasteiger partial charge in [0.05, 0.1) is 5.60 Å². The van der Waals surface area contributed by atoms with E-state index in [0.29, 0.717) is 5.75 Å². The molecule has 15 heavy (non-hydrogen) atoms. The third-order valence-corrected chi connectivity index (χ3v) is 3.87. The van der Waals surface area contributed by atoms with Crippen molar-refractivity contribution < 1.29 is 5.11 Å². The number of hydrogen-bond donors (Lipinski definition) is 2. The Balaban J connectivity index is 1.89. The summed E-state index contributed by atoms with van der Waals surface area (Å²) in [7, 11) is 1.80. The van der Waals surface area contributed by atoms with Crippen LogP contribution in [0.1, 0.15) is 12.8 Å². The Bertz CT molecular complexity index is 323. The van der Waals surface area contributed by atoms with Crippen LogP contribution >= 0.6 is 11.8 Å². The van der Waals surface area contributed by atoms with E-state index in [1.54, 1.807) is 11.7 Å². The van der Waals surface area contributed by atoms with E-state index < -0.39 is 5.60 Å². The molecule has 1 fully saturated rings. The minimum atomic E-state index is -0.568. The summed E-state index contributed by atoms with van der Waals surface area (Å²) in [6, 6.07) is 0. The van der Waals surface area contributed by atoms with Gasteiger partial charge in [0.15, 0.2) is 0 Å². The molecule has 6 nitrogen and oxygen atoms in total. The van der Waals surface area contributed by atoms with E-state index in [2.05, 4.69) is 20.8 Å². The van der Waals surface area contributed by atoms with Gasteiger partial charge in [0.1, 0.15) is 0 Å². The number of aliphatic hydroxyl groups is 1.